The molecule has 0 aliphatic carbocycles. The van der Waals surface area contributed by atoms with E-state index >= 15 is 0 Å². The van der Waals surface area contributed by atoms with Crippen molar-refractivity contribution in [3.8, 4) is 11.5 Å². The van der Waals surface area contributed by atoms with E-state index in [0.29, 0.717) is 21.7 Å². The van der Waals surface area contributed by atoms with Gasteiger partial charge < -0.3 is 14.6 Å². The smallest absolute Gasteiger partial charge is 0.147 e. The summed E-state index contributed by atoms with van der Waals surface area (Å²) in [5, 5.41) is 9.98. The lowest BCUT2D eigenvalue weighted by atomic mass is 9.78. The molecule has 1 N–H and O–H groups in total. The summed E-state index contributed by atoms with van der Waals surface area (Å²) in [5.74, 6) is 1.01. The zero-order chi connectivity index (χ0) is 19.1. The monoisotopic (exact) mass is 610 g/mol. The molecule has 1 fully saturated rings. The fraction of sp³-hybridized carbons (Fsp3) is 0.368. The summed E-state index contributed by atoms with van der Waals surface area (Å²) in [7, 11) is 0. The van der Waals surface area contributed by atoms with Crippen molar-refractivity contribution in [2.45, 2.75) is 31.8 Å². The van der Waals surface area contributed by atoms with Gasteiger partial charge in [0.2, 0.25) is 0 Å². The van der Waals surface area contributed by atoms with Gasteiger partial charge in [0.05, 0.1) is 37.2 Å². The largest absolute Gasteiger partial charge is 0.506 e. The van der Waals surface area contributed by atoms with Crippen LogP contribution in [0.25, 0.3) is 0 Å². The molecule has 1 heterocycles. The van der Waals surface area contributed by atoms with Gasteiger partial charge in [-0.2, -0.15) is 0 Å². The second-order valence-electron chi connectivity index (χ2n) is 6.77. The lowest BCUT2D eigenvalue weighted by molar-refractivity contribution is 0.280. The third-order valence-electron chi connectivity index (χ3n) is 4.55. The van der Waals surface area contributed by atoms with Gasteiger partial charge in [0.1, 0.15) is 11.5 Å². The minimum atomic E-state index is -0.274. The standard InChI is InChI=1S/C19H18Br4O3/c1-19(2,10-5-13(20)17(24)14(21)6-10)11-7-15(22)18(16(23)8-11)25-4-3-12-9-26-12/h5-8,12,24H,3-4,9H2,1-2H3. The van der Waals surface area contributed by atoms with Gasteiger partial charge in [0.25, 0.3) is 0 Å². The highest BCUT2D eigenvalue weighted by atomic mass is 79.9. The van der Waals surface area contributed by atoms with Gasteiger partial charge in [-0.3, -0.25) is 0 Å². The van der Waals surface area contributed by atoms with Crippen LogP contribution in [0.15, 0.2) is 42.2 Å². The zero-order valence-corrected chi connectivity index (χ0v) is 20.6. The SMILES string of the molecule is CC(C)(c1cc(Br)c(O)c(Br)c1)c1cc(Br)c(OCCC2CO2)c(Br)c1. The number of epoxide rings is 1. The van der Waals surface area contributed by atoms with Crippen molar-refractivity contribution >= 4 is 63.7 Å². The average molecular weight is 614 g/mol. The molecule has 1 aliphatic rings. The van der Waals surface area contributed by atoms with Gasteiger partial charge in [0, 0.05) is 11.8 Å². The molecule has 1 aliphatic heterocycles. The number of benzene rings is 2. The van der Waals surface area contributed by atoms with Crippen molar-refractivity contribution in [2.75, 3.05) is 13.2 Å². The van der Waals surface area contributed by atoms with Crippen LogP contribution in [-0.4, -0.2) is 24.4 Å². The van der Waals surface area contributed by atoms with Gasteiger partial charge in [-0.1, -0.05) is 13.8 Å². The molecule has 2 aromatic rings. The molecule has 0 amide bonds. The van der Waals surface area contributed by atoms with E-state index in [1.165, 1.54) is 0 Å². The lowest BCUT2D eigenvalue weighted by Crippen LogP contribution is -2.19. The van der Waals surface area contributed by atoms with E-state index in [4.69, 9.17) is 9.47 Å². The number of rotatable bonds is 6. The Bertz CT molecular complexity index is 786. The van der Waals surface area contributed by atoms with Crippen LogP contribution in [0.5, 0.6) is 11.5 Å². The summed E-state index contributed by atoms with van der Waals surface area (Å²) in [6, 6.07) is 8.06. The van der Waals surface area contributed by atoms with Crippen LogP contribution in [0.2, 0.25) is 0 Å². The van der Waals surface area contributed by atoms with Crippen LogP contribution in [0.4, 0.5) is 0 Å². The van der Waals surface area contributed by atoms with E-state index < -0.39 is 0 Å². The van der Waals surface area contributed by atoms with E-state index in [1.54, 1.807) is 0 Å². The lowest BCUT2D eigenvalue weighted by Gasteiger charge is -2.28. The normalized spacial score (nSPS) is 16.6. The highest BCUT2D eigenvalue weighted by molar-refractivity contribution is 9.11. The summed E-state index contributed by atoms with van der Waals surface area (Å²) in [6.45, 7) is 5.77. The highest BCUT2D eigenvalue weighted by Crippen LogP contribution is 2.43. The Morgan fingerprint density at radius 1 is 1.00 bits per heavy atom. The van der Waals surface area contributed by atoms with Crippen molar-refractivity contribution in [2.24, 2.45) is 0 Å². The van der Waals surface area contributed by atoms with Gasteiger partial charge in [-0.25, -0.2) is 0 Å². The molecule has 3 nitrogen and oxygen atoms in total. The number of aromatic hydroxyl groups is 1. The summed E-state index contributed by atoms with van der Waals surface area (Å²) in [5.41, 5.74) is 1.93. The Labute approximate surface area is 187 Å². The molecule has 1 atom stereocenters. The first-order valence-corrected chi connectivity index (χ1v) is 11.3. The third-order valence-corrected chi connectivity index (χ3v) is 6.93. The van der Waals surface area contributed by atoms with Crippen LogP contribution in [0.1, 0.15) is 31.4 Å². The second-order valence-corrected chi connectivity index (χ2v) is 10.2. The van der Waals surface area contributed by atoms with Gasteiger partial charge in [0.15, 0.2) is 0 Å². The molecule has 0 spiro atoms. The van der Waals surface area contributed by atoms with Crippen molar-refractivity contribution < 1.29 is 14.6 Å². The van der Waals surface area contributed by atoms with Crippen LogP contribution in [-0.2, 0) is 10.2 Å². The number of phenols is 1. The molecule has 1 saturated heterocycles. The number of halogens is 4. The van der Waals surface area contributed by atoms with E-state index in [0.717, 1.165) is 38.8 Å². The zero-order valence-electron chi connectivity index (χ0n) is 14.3. The van der Waals surface area contributed by atoms with E-state index in [1.807, 2.05) is 12.1 Å². The van der Waals surface area contributed by atoms with Crippen LogP contribution in [0.3, 0.4) is 0 Å². The molecule has 1 unspecified atom stereocenters. The van der Waals surface area contributed by atoms with Gasteiger partial charge in [-0.05, 0) is 99.1 Å². The van der Waals surface area contributed by atoms with Crippen molar-refractivity contribution in [1.82, 2.24) is 0 Å². The summed E-state index contributed by atoms with van der Waals surface area (Å²) in [6.07, 6.45) is 1.26. The molecule has 26 heavy (non-hydrogen) atoms. The minimum Gasteiger partial charge on any atom is -0.506 e. The average Bonchev–Trinajstić information content (AvgIpc) is 3.38. The molecule has 0 aromatic heterocycles. The maximum absolute atomic E-state index is 9.98. The van der Waals surface area contributed by atoms with Crippen molar-refractivity contribution in [3.05, 3.63) is 53.3 Å². The van der Waals surface area contributed by atoms with Gasteiger partial charge >= 0.3 is 0 Å². The maximum atomic E-state index is 9.98. The quantitative estimate of drug-likeness (QED) is 0.359. The van der Waals surface area contributed by atoms with Crippen LogP contribution < -0.4 is 4.74 Å². The Balaban J connectivity index is 1.89. The first-order valence-electron chi connectivity index (χ1n) is 8.12. The number of phenolic OH excluding ortho intramolecular Hbond substituents is 1. The van der Waals surface area contributed by atoms with E-state index in [9.17, 15) is 5.11 Å². The Kier molecular flexibility index (Phi) is 6.44. The van der Waals surface area contributed by atoms with Crippen LogP contribution in [0, 0.1) is 0 Å². The van der Waals surface area contributed by atoms with E-state index in [2.05, 4.69) is 89.7 Å². The minimum absolute atomic E-state index is 0.204. The molecule has 0 radical (unpaired) electrons. The third kappa shape index (κ3) is 4.49. The van der Waals surface area contributed by atoms with Crippen LogP contribution >= 0.6 is 63.7 Å². The van der Waals surface area contributed by atoms with Crippen molar-refractivity contribution in [3.63, 3.8) is 0 Å². The van der Waals surface area contributed by atoms with E-state index in [-0.39, 0.29) is 11.2 Å². The molecule has 0 bridgehead atoms. The Morgan fingerprint density at radius 3 is 1.92 bits per heavy atom. The molecule has 3 rings (SSSR count). The molecule has 0 saturated carbocycles. The van der Waals surface area contributed by atoms with Gasteiger partial charge in [-0.15, -0.1) is 0 Å². The predicted octanol–water partition coefficient (Wildman–Crippen LogP) is 6.94. The van der Waals surface area contributed by atoms with Crippen molar-refractivity contribution in [1.29, 1.82) is 0 Å². The summed E-state index contributed by atoms with van der Waals surface area (Å²) < 4.78 is 14.3. The Morgan fingerprint density at radius 2 is 1.46 bits per heavy atom. The topological polar surface area (TPSA) is 42.0 Å². The number of ether oxygens (including phenoxy) is 2. The fourth-order valence-corrected chi connectivity index (χ4v) is 5.28. The highest BCUT2D eigenvalue weighted by Gasteiger charge is 2.27. The Hall–Kier alpha value is -0.0800. The predicted molar refractivity (Wildman–Crippen MR) is 117 cm³/mol. The molecular formula is C19H18Br4O3. The second kappa shape index (κ2) is 8.11. The number of hydrogen-bond donors (Lipinski definition) is 1. The molecule has 140 valence electrons. The summed E-state index contributed by atoms with van der Waals surface area (Å²) in [4.78, 5) is 0. The summed E-state index contributed by atoms with van der Waals surface area (Å²) >= 11 is 14.1. The molecule has 2 aromatic carbocycles. The number of hydrogen-bond acceptors (Lipinski definition) is 3. The maximum Gasteiger partial charge on any atom is 0.147 e. The first kappa shape index (κ1) is 20.6. The first-order chi connectivity index (χ1) is 12.2. The molecule has 7 heteroatoms. The fourth-order valence-electron chi connectivity index (χ4n) is 2.68. The molecular weight excluding hydrogens is 596 g/mol.